The molecule has 1 atom stereocenters. The van der Waals surface area contributed by atoms with Crippen molar-refractivity contribution < 1.29 is 4.79 Å². The molecule has 24 heavy (non-hydrogen) atoms. The maximum atomic E-state index is 12.2. The predicted octanol–water partition coefficient (Wildman–Crippen LogP) is 3.15. The van der Waals surface area contributed by atoms with Crippen LogP contribution in [0, 0.1) is 6.92 Å². The Kier molecular flexibility index (Phi) is 5.15. The van der Waals surface area contributed by atoms with Crippen LogP contribution in [0.1, 0.15) is 29.9 Å². The lowest BCUT2D eigenvalue weighted by Crippen LogP contribution is -2.29. The molecule has 6 heteroatoms. The van der Waals surface area contributed by atoms with E-state index in [9.17, 15) is 4.79 Å². The van der Waals surface area contributed by atoms with Crippen LogP contribution >= 0.6 is 11.8 Å². The zero-order chi connectivity index (χ0) is 16.9. The fourth-order valence-electron chi connectivity index (χ4n) is 2.57. The van der Waals surface area contributed by atoms with Gasteiger partial charge in [-0.3, -0.25) is 9.20 Å². The molecule has 1 unspecified atom stereocenters. The molecule has 0 aliphatic rings. The third kappa shape index (κ3) is 3.94. The van der Waals surface area contributed by atoms with Crippen LogP contribution in [0.15, 0.2) is 48.7 Å². The predicted molar refractivity (Wildman–Crippen MR) is 96.9 cm³/mol. The highest BCUT2D eigenvalue weighted by Gasteiger charge is 2.15. The van der Waals surface area contributed by atoms with Gasteiger partial charge in [0.05, 0.1) is 11.8 Å². The Morgan fingerprint density at radius 1 is 1.25 bits per heavy atom. The van der Waals surface area contributed by atoms with E-state index in [0.717, 1.165) is 17.2 Å². The summed E-state index contributed by atoms with van der Waals surface area (Å²) in [5.74, 6) is 2.00. The number of nitrogens with one attached hydrogen (secondary N) is 1. The lowest BCUT2D eigenvalue weighted by molar-refractivity contribution is -0.119. The lowest BCUT2D eigenvalue weighted by Gasteiger charge is -2.12. The van der Waals surface area contributed by atoms with Gasteiger partial charge in [0.25, 0.3) is 0 Å². The van der Waals surface area contributed by atoms with Crippen molar-refractivity contribution in [2.45, 2.75) is 25.6 Å². The van der Waals surface area contributed by atoms with Gasteiger partial charge in [-0.2, -0.15) is 0 Å². The van der Waals surface area contributed by atoms with Crippen LogP contribution in [-0.2, 0) is 10.5 Å². The second kappa shape index (κ2) is 7.49. The number of hydrogen-bond donors (Lipinski definition) is 1. The monoisotopic (exact) mass is 340 g/mol. The van der Waals surface area contributed by atoms with Crippen LogP contribution in [0.25, 0.3) is 5.65 Å². The Labute approximate surface area is 145 Å². The van der Waals surface area contributed by atoms with E-state index in [1.54, 1.807) is 11.8 Å². The van der Waals surface area contributed by atoms with Gasteiger partial charge in [0.2, 0.25) is 5.91 Å². The molecule has 3 aromatic rings. The number of nitrogens with zero attached hydrogens (tertiary/aromatic N) is 3. The summed E-state index contributed by atoms with van der Waals surface area (Å²) in [6.07, 6.45) is 1.90. The Balaban J connectivity index is 1.53. The first-order valence-electron chi connectivity index (χ1n) is 7.86. The van der Waals surface area contributed by atoms with Crippen molar-refractivity contribution in [1.82, 2.24) is 19.9 Å². The van der Waals surface area contributed by atoms with Crippen molar-refractivity contribution in [2.75, 3.05) is 5.75 Å². The molecule has 2 heterocycles. The molecule has 2 aromatic heterocycles. The first-order valence-corrected chi connectivity index (χ1v) is 9.01. The maximum absolute atomic E-state index is 12.2. The molecule has 1 aromatic carbocycles. The van der Waals surface area contributed by atoms with Gasteiger partial charge in [0, 0.05) is 11.9 Å². The van der Waals surface area contributed by atoms with Crippen molar-refractivity contribution in [3.8, 4) is 0 Å². The van der Waals surface area contributed by atoms with E-state index in [2.05, 4.69) is 40.6 Å². The van der Waals surface area contributed by atoms with Crippen LogP contribution < -0.4 is 5.32 Å². The third-order valence-corrected chi connectivity index (χ3v) is 4.69. The molecule has 1 N–H and O–H groups in total. The molecule has 3 rings (SSSR count). The van der Waals surface area contributed by atoms with Crippen LogP contribution in [-0.4, -0.2) is 26.3 Å². The zero-order valence-corrected chi connectivity index (χ0v) is 14.6. The highest BCUT2D eigenvalue weighted by atomic mass is 32.2. The molecule has 0 spiro atoms. The fraction of sp³-hybridized carbons (Fsp3) is 0.278. The molecule has 0 saturated carbocycles. The molecule has 5 nitrogen and oxygen atoms in total. The Bertz CT molecular complexity index is 846. The van der Waals surface area contributed by atoms with Crippen LogP contribution in [0.5, 0.6) is 0 Å². The molecule has 0 bridgehead atoms. The molecule has 0 aliphatic heterocycles. The number of amides is 1. The molecular weight excluding hydrogens is 320 g/mol. The van der Waals surface area contributed by atoms with Crippen LogP contribution in [0.3, 0.4) is 0 Å². The van der Waals surface area contributed by atoms with Gasteiger partial charge >= 0.3 is 0 Å². The lowest BCUT2D eigenvalue weighted by atomic mass is 10.2. The molecule has 0 saturated heterocycles. The summed E-state index contributed by atoms with van der Waals surface area (Å²) in [6.45, 7) is 4.00. The van der Waals surface area contributed by atoms with Gasteiger partial charge in [0.1, 0.15) is 0 Å². The number of fused-ring (bicyclic) bond motifs is 1. The van der Waals surface area contributed by atoms with Crippen LogP contribution in [0.4, 0.5) is 0 Å². The summed E-state index contributed by atoms with van der Waals surface area (Å²) in [6, 6.07) is 13.9. The first kappa shape index (κ1) is 16.5. The highest BCUT2D eigenvalue weighted by molar-refractivity contribution is 7.99. The number of benzene rings is 1. The minimum absolute atomic E-state index is 0.00725. The molecule has 0 fully saturated rings. The van der Waals surface area contributed by atoms with E-state index >= 15 is 0 Å². The quantitative estimate of drug-likeness (QED) is 0.749. The first-order chi connectivity index (χ1) is 11.6. The summed E-state index contributed by atoms with van der Waals surface area (Å²) >= 11 is 1.61. The van der Waals surface area contributed by atoms with Crippen molar-refractivity contribution in [2.24, 2.45) is 0 Å². The van der Waals surface area contributed by atoms with Gasteiger partial charge in [-0.25, -0.2) is 0 Å². The number of rotatable bonds is 6. The second-order valence-electron chi connectivity index (χ2n) is 5.76. The molecule has 0 radical (unpaired) electrons. The summed E-state index contributed by atoms with van der Waals surface area (Å²) in [5.41, 5.74) is 3.26. The molecule has 0 aliphatic carbocycles. The SMILES string of the molecule is Cc1cccc(CSCC(=O)NC(C)c2nnc3ccccn23)c1. The van der Waals surface area contributed by atoms with Crippen molar-refractivity contribution in [1.29, 1.82) is 0 Å². The third-order valence-electron chi connectivity index (χ3n) is 3.69. The van der Waals surface area contributed by atoms with Crippen molar-refractivity contribution in [3.05, 3.63) is 65.6 Å². The number of carbonyl (C=O) groups excluding carboxylic acids is 1. The number of pyridine rings is 1. The summed E-state index contributed by atoms with van der Waals surface area (Å²) in [7, 11) is 0. The Hall–Kier alpha value is -2.34. The second-order valence-corrected chi connectivity index (χ2v) is 6.74. The number of carbonyl (C=O) groups is 1. The van der Waals surface area contributed by atoms with Crippen molar-refractivity contribution >= 4 is 23.3 Å². The van der Waals surface area contributed by atoms with E-state index in [1.165, 1.54) is 11.1 Å². The zero-order valence-electron chi connectivity index (χ0n) is 13.8. The van der Waals surface area contributed by atoms with E-state index in [4.69, 9.17) is 0 Å². The molecular formula is C18H20N4OS. The van der Waals surface area contributed by atoms with Crippen LogP contribution in [0.2, 0.25) is 0 Å². The Morgan fingerprint density at radius 2 is 2.12 bits per heavy atom. The number of aromatic nitrogens is 3. The summed E-state index contributed by atoms with van der Waals surface area (Å²) in [4.78, 5) is 12.2. The molecule has 124 valence electrons. The average Bonchev–Trinajstić information content (AvgIpc) is 2.99. The van der Waals surface area contributed by atoms with Gasteiger partial charge in [0.15, 0.2) is 11.5 Å². The minimum Gasteiger partial charge on any atom is -0.346 e. The number of hydrogen-bond acceptors (Lipinski definition) is 4. The summed E-state index contributed by atoms with van der Waals surface area (Å²) < 4.78 is 1.89. The normalized spacial score (nSPS) is 12.2. The van der Waals surface area contributed by atoms with Gasteiger partial charge in [-0.15, -0.1) is 22.0 Å². The van der Waals surface area contributed by atoms with E-state index < -0.39 is 0 Å². The van der Waals surface area contributed by atoms with E-state index in [-0.39, 0.29) is 11.9 Å². The van der Waals surface area contributed by atoms with Gasteiger partial charge < -0.3 is 5.32 Å². The topological polar surface area (TPSA) is 59.3 Å². The molecule has 1 amide bonds. The van der Waals surface area contributed by atoms with Gasteiger partial charge in [-0.1, -0.05) is 35.9 Å². The average molecular weight is 340 g/mol. The van der Waals surface area contributed by atoms with Gasteiger partial charge in [-0.05, 0) is 31.5 Å². The standard InChI is InChI=1S/C18H20N4OS/c1-13-6-5-7-15(10-13)11-24-12-17(23)19-14(2)18-21-20-16-8-3-4-9-22(16)18/h3-10,14H,11-12H2,1-2H3,(H,19,23). The minimum atomic E-state index is -0.186. The number of thioether (sulfide) groups is 1. The highest BCUT2D eigenvalue weighted by Crippen LogP contribution is 2.15. The number of aryl methyl sites for hydroxylation is 1. The largest absolute Gasteiger partial charge is 0.346 e. The summed E-state index contributed by atoms with van der Waals surface area (Å²) in [5, 5.41) is 11.3. The van der Waals surface area contributed by atoms with Crippen molar-refractivity contribution in [3.63, 3.8) is 0 Å². The van der Waals surface area contributed by atoms with E-state index in [1.807, 2.05) is 41.8 Å². The maximum Gasteiger partial charge on any atom is 0.230 e. The fourth-order valence-corrected chi connectivity index (χ4v) is 3.35. The smallest absolute Gasteiger partial charge is 0.230 e. The Morgan fingerprint density at radius 3 is 2.96 bits per heavy atom. The van der Waals surface area contributed by atoms with E-state index in [0.29, 0.717) is 5.75 Å².